The van der Waals surface area contributed by atoms with E-state index >= 15 is 0 Å². The number of nitrogens with one attached hydrogen (secondary N) is 1. The number of aliphatic hydroxyl groups excluding tert-OH is 1. The lowest BCUT2D eigenvalue weighted by Gasteiger charge is -2.12. The largest absolute Gasteiger partial charge is 0.477 e. The molecule has 1 aromatic rings. The van der Waals surface area contributed by atoms with E-state index in [0.717, 1.165) is 0 Å². The van der Waals surface area contributed by atoms with Crippen LogP contribution in [0, 0.1) is 16.0 Å². The van der Waals surface area contributed by atoms with Crippen LogP contribution in [0.3, 0.4) is 0 Å². The second kappa shape index (κ2) is 6.69. The minimum Gasteiger partial charge on any atom is -0.477 e. The van der Waals surface area contributed by atoms with E-state index in [0.29, 0.717) is 18.7 Å². The smallest absolute Gasteiger partial charge is 0.342 e. The van der Waals surface area contributed by atoms with Crippen molar-refractivity contribution in [3.8, 4) is 0 Å². The fourth-order valence-corrected chi connectivity index (χ4v) is 1.59. The number of anilines is 1. The van der Waals surface area contributed by atoms with Crippen molar-refractivity contribution in [3.05, 3.63) is 33.9 Å². The molecule has 19 heavy (non-hydrogen) atoms. The average molecular weight is 268 g/mol. The third-order valence-electron chi connectivity index (χ3n) is 2.70. The predicted octanol–water partition coefficient (Wildman–Crippen LogP) is 1.72. The van der Waals surface area contributed by atoms with Crippen molar-refractivity contribution in [2.75, 3.05) is 18.5 Å². The number of hydrogen-bond acceptors (Lipinski definition) is 5. The van der Waals surface area contributed by atoms with Gasteiger partial charge in [-0.3, -0.25) is 10.1 Å². The predicted molar refractivity (Wildman–Crippen MR) is 69.4 cm³/mol. The van der Waals surface area contributed by atoms with Crippen molar-refractivity contribution in [2.45, 2.75) is 13.3 Å². The molecule has 1 unspecified atom stereocenters. The van der Waals surface area contributed by atoms with Gasteiger partial charge in [-0.25, -0.2) is 4.79 Å². The van der Waals surface area contributed by atoms with E-state index in [9.17, 15) is 14.9 Å². The van der Waals surface area contributed by atoms with Gasteiger partial charge in [-0.05, 0) is 24.5 Å². The van der Waals surface area contributed by atoms with E-state index in [2.05, 4.69) is 5.32 Å². The molecule has 0 aliphatic heterocycles. The maximum Gasteiger partial charge on any atom is 0.342 e. The zero-order valence-corrected chi connectivity index (χ0v) is 10.5. The van der Waals surface area contributed by atoms with Gasteiger partial charge >= 0.3 is 5.97 Å². The highest BCUT2D eigenvalue weighted by Crippen LogP contribution is 2.23. The number of benzene rings is 1. The van der Waals surface area contributed by atoms with E-state index in [-0.39, 0.29) is 18.1 Å². The highest BCUT2D eigenvalue weighted by molar-refractivity contribution is 5.93. The number of rotatable bonds is 7. The number of aromatic carboxylic acids is 1. The van der Waals surface area contributed by atoms with E-state index in [1.807, 2.05) is 6.92 Å². The number of nitro benzene ring substituents is 1. The molecule has 1 rings (SSSR count). The van der Waals surface area contributed by atoms with Crippen molar-refractivity contribution in [2.24, 2.45) is 5.92 Å². The molecule has 3 N–H and O–H groups in total. The molecule has 0 saturated heterocycles. The molecular formula is C12H16N2O5. The molecule has 0 radical (unpaired) electrons. The van der Waals surface area contributed by atoms with Gasteiger partial charge in [0.25, 0.3) is 5.69 Å². The van der Waals surface area contributed by atoms with Gasteiger partial charge in [0.05, 0.1) is 4.92 Å². The zero-order valence-electron chi connectivity index (χ0n) is 10.5. The molecule has 1 aromatic carbocycles. The van der Waals surface area contributed by atoms with E-state index in [1.165, 1.54) is 18.2 Å². The third-order valence-corrected chi connectivity index (χ3v) is 2.70. The second-order valence-corrected chi connectivity index (χ2v) is 4.29. The summed E-state index contributed by atoms with van der Waals surface area (Å²) >= 11 is 0. The van der Waals surface area contributed by atoms with Crippen molar-refractivity contribution < 1.29 is 19.9 Å². The first-order valence-corrected chi connectivity index (χ1v) is 5.82. The summed E-state index contributed by atoms with van der Waals surface area (Å²) in [6.45, 7) is 2.58. The Balaban J connectivity index is 2.84. The summed E-state index contributed by atoms with van der Waals surface area (Å²) in [7, 11) is 0. The third kappa shape index (κ3) is 4.22. The van der Waals surface area contributed by atoms with Crippen LogP contribution in [0.2, 0.25) is 0 Å². The molecule has 0 aliphatic carbocycles. The number of nitrogens with zero attached hydrogens (tertiary/aromatic N) is 1. The van der Waals surface area contributed by atoms with Crippen LogP contribution in [0.25, 0.3) is 0 Å². The van der Waals surface area contributed by atoms with Crippen molar-refractivity contribution in [1.82, 2.24) is 0 Å². The maximum absolute atomic E-state index is 11.0. The molecule has 0 aliphatic rings. The standard InChI is InChI=1S/C12H16N2O5/c1-8(4-5-15)7-13-9-2-3-11(14(18)19)10(6-9)12(16)17/h2-3,6,8,13,15H,4-5,7H2,1H3,(H,16,17). The van der Waals surface area contributed by atoms with Gasteiger partial charge in [-0.15, -0.1) is 0 Å². The molecule has 0 aromatic heterocycles. The molecule has 0 heterocycles. The Morgan fingerprint density at radius 1 is 1.53 bits per heavy atom. The lowest BCUT2D eigenvalue weighted by molar-refractivity contribution is -0.385. The van der Waals surface area contributed by atoms with Crippen LogP contribution in [-0.2, 0) is 0 Å². The Labute approximate surface area is 110 Å². The second-order valence-electron chi connectivity index (χ2n) is 4.29. The lowest BCUT2D eigenvalue weighted by atomic mass is 10.1. The normalized spacial score (nSPS) is 11.9. The Bertz CT molecular complexity index is 475. The average Bonchev–Trinajstić information content (AvgIpc) is 2.36. The van der Waals surface area contributed by atoms with Crippen LogP contribution in [0.5, 0.6) is 0 Å². The number of carboxylic acids is 1. The Hall–Kier alpha value is -2.15. The summed E-state index contributed by atoms with van der Waals surface area (Å²) in [4.78, 5) is 20.9. The first-order valence-electron chi connectivity index (χ1n) is 5.82. The SMILES string of the molecule is CC(CCO)CNc1ccc([N+](=O)[O-])c(C(=O)O)c1. The van der Waals surface area contributed by atoms with Crippen LogP contribution >= 0.6 is 0 Å². The number of carbonyl (C=O) groups is 1. The monoisotopic (exact) mass is 268 g/mol. The number of aliphatic hydroxyl groups is 1. The molecule has 0 amide bonds. The molecule has 1 atom stereocenters. The molecule has 0 fully saturated rings. The number of hydrogen-bond donors (Lipinski definition) is 3. The number of nitro groups is 1. The van der Waals surface area contributed by atoms with Gasteiger partial charge in [0.1, 0.15) is 5.56 Å². The van der Waals surface area contributed by atoms with Gasteiger partial charge < -0.3 is 15.5 Å². The van der Waals surface area contributed by atoms with E-state index in [4.69, 9.17) is 10.2 Å². The maximum atomic E-state index is 11.0. The highest BCUT2D eigenvalue weighted by atomic mass is 16.6. The lowest BCUT2D eigenvalue weighted by Crippen LogP contribution is -2.13. The van der Waals surface area contributed by atoms with Gasteiger partial charge in [0.15, 0.2) is 0 Å². The van der Waals surface area contributed by atoms with Gasteiger partial charge in [0.2, 0.25) is 0 Å². The van der Waals surface area contributed by atoms with Crippen LogP contribution in [0.15, 0.2) is 18.2 Å². The summed E-state index contributed by atoms with van der Waals surface area (Å²) in [6.07, 6.45) is 0.631. The fraction of sp³-hybridized carbons (Fsp3) is 0.417. The zero-order chi connectivity index (χ0) is 14.4. The summed E-state index contributed by atoms with van der Waals surface area (Å²) < 4.78 is 0. The van der Waals surface area contributed by atoms with E-state index < -0.39 is 16.6 Å². The summed E-state index contributed by atoms with van der Waals surface area (Å²) in [5.74, 6) is -1.12. The van der Waals surface area contributed by atoms with Gasteiger partial charge in [-0.2, -0.15) is 0 Å². The summed E-state index contributed by atoms with van der Waals surface area (Å²) in [5, 5.41) is 31.4. The quantitative estimate of drug-likeness (QED) is 0.512. The van der Waals surface area contributed by atoms with Crippen LogP contribution < -0.4 is 5.32 Å². The van der Waals surface area contributed by atoms with Gasteiger partial charge in [0, 0.05) is 24.9 Å². The molecule has 0 spiro atoms. The molecule has 7 heteroatoms. The van der Waals surface area contributed by atoms with Crippen LogP contribution in [0.4, 0.5) is 11.4 Å². The molecule has 7 nitrogen and oxygen atoms in total. The minimum absolute atomic E-state index is 0.0868. The van der Waals surface area contributed by atoms with Crippen molar-refractivity contribution in [3.63, 3.8) is 0 Å². The number of carboxylic acid groups (broad SMARTS) is 1. The topological polar surface area (TPSA) is 113 Å². The fourth-order valence-electron chi connectivity index (χ4n) is 1.59. The van der Waals surface area contributed by atoms with Crippen LogP contribution in [0.1, 0.15) is 23.7 Å². The highest BCUT2D eigenvalue weighted by Gasteiger charge is 2.19. The molecule has 0 saturated carbocycles. The Kier molecular flexibility index (Phi) is 5.25. The molecule has 104 valence electrons. The Morgan fingerprint density at radius 2 is 2.21 bits per heavy atom. The molecule has 0 bridgehead atoms. The first-order chi connectivity index (χ1) is 8.95. The Morgan fingerprint density at radius 3 is 2.74 bits per heavy atom. The minimum atomic E-state index is -1.33. The first kappa shape index (κ1) is 14.9. The van der Waals surface area contributed by atoms with Crippen LogP contribution in [-0.4, -0.2) is 34.3 Å². The van der Waals surface area contributed by atoms with Crippen molar-refractivity contribution in [1.29, 1.82) is 0 Å². The van der Waals surface area contributed by atoms with Gasteiger partial charge in [-0.1, -0.05) is 6.92 Å². The summed E-state index contributed by atoms with van der Waals surface area (Å²) in [6, 6.07) is 3.88. The van der Waals surface area contributed by atoms with E-state index in [1.54, 1.807) is 0 Å². The van der Waals surface area contributed by atoms with Crippen molar-refractivity contribution >= 4 is 17.3 Å². The molecular weight excluding hydrogens is 252 g/mol. The summed E-state index contributed by atoms with van der Waals surface area (Å²) in [5.41, 5.74) is -0.265.